The second-order valence-electron chi connectivity index (χ2n) is 5.95. The molecule has 0 bridgehead atoms. The third-order valence-corrected chi connectivity index (χ3v) is 7.00. The largest absolute Gasteiger partial charge is 0.481 e. The highest BCUT2D eigenvalue weighted by molar-refractivity contribution is 7.92. The van der Waals surface area contributed by atoms with Gasteiger partial charge in [-0.25, -0.2) is 8.42 Å². The van der Waals surface area contributed by atoms with E-state index in [9.17, 15) is 18.3 Å². The Labute approximate surface area is 146 Å². The van der Waals surface area contributed by atoms with Crippen molar-refractivity contribution < 1.29 is 18.3 Å². The molecule has 0 heterocycles. The molecule has 1 aliphatic rings. The smallest absolute Gasteiger partial charge is 0.308 e. The van der Waals surface area contributed by atoms with Gasteiger partial charge in [0.2, 0.25) is 0 Å². The summed E-state index contributed by atoms with van der Waals surface area (Å²) in [7, 11) is -3.73. The molecule has 1 aliphatic carbocycles. The number of carboxylic acids is 1. The summed E-state index contributed by atoms with van der Waals surface area (Å²) in [6, 6.07) is 13.3. The normalized spacial score (nSPS) is 23.0. The van der Waals surface area contributed by atoms with Gasteiger partial charge in [-0.2, -0.15) is 0 Å². The van der Waals surface area contributed by atoms with Crippen LogP contribution in [0.15, 0.2) is 53.4 Å². The predicted molar refractivity (Wildman–Crippen MR) is 92.1 cm³/mol. The van der Waals surface area contributed by atoms with Crippen molar-refractivity contribution in [3.63, 3.8) is 0 Å². The standard InChI is InChI=1S/C18H17ClO4S/c1-2-11-3-5-12(6-4-11)15-16(18(20)21)17(15)24(22,23)14-9-7-13(19)8-10-14/h3-10,15-17H,2H2,1H3,(H,20,21)/t15-,16-,17-/m1/s1. The summed E-state index contributed by atoms with van der Waals surface area (Å²) in [5.41, 5.74) is 1.88. The van der Waals surface area contributed by atoms with Crippen LogP contribution in [0, 0.1) is 5.92 Å². The lowest BCUT2D eigenvalue weighted by atomic mass is 10.1. The SMILES string of the molecule is CCc1ccc([C@@H]2[C@@H](C(=O)O)[C@@H]2S(=O)(=O)c2ccc(Cl)cc2)cc1. The van der Waals surface area contributed by atoms with Crippen LogP contribution in [0.5, 0.6) is 0 Å². The number of carbonyl (C=O) groups is 1. The number of benzene rings is 2. The van der Waals surface area contributed by atoms with Gasteiger partial charge in [-0.15, -0.1) is 0 Å². The van der Waals surface area contributed by atoms with Crippen LogP contribution in [0.3, 0.4) is 0 Å². The van der Waals surface area contributed by atoms with Crippen LogP contribution in [0.1, 0.15) is 24.0 Å². The fourth-order valence-corrected chi connectivity index (χ4v) is 5.37. The Morgan fingerprint density at radius 1 is 1.08 bits per heavy atom. The summed E-state index contributed by atoms with van der Waals surface area (Å²) in [6.07, 6.45) is 0.875. The highest BCUT2D eigenvalue weighted by atomic mass is 35.5. The molecule has 0 radical (unpaired) electrons. The summed E-state index contributed by atoms with van der Waals surface area (Å²) in [5, 5.41) is 8.92. The first kappa shape index (κ1) is 17.0. The van der Waals surface area contributed by atoms with Gasteiger partial charge in [-0.1, -0.05) is 42.8 Å². The van der Waals surface area contributed by atoms with Crippen molar-refractivity contribution in [2.45, 2.75) is 29.4 Å². The fourth-order valence-electron chi connectivity index (χ4n) is 3.12. The maximum Gasteiger partial charge on any atom is 0.308 e. The van der Waals surface area contributed by atoms with Gasteiger partial charge < -0.3 is 5.11 Å². The van der Waals surface area contributed by atoms with Gasteiger partial charge in [0, 0.05) is 10.9 Å². The molecule has 0 unspecified atom stereocenters. The Morgan fingerprint density at radius 3 is 2.17 bits per heavy atom. The van der Waals surface area contributed by atoms with Crippen molar-refractivity contribution in [1.82, 2.24) is 0 Å². The zero-order valence-corrected chi connectivity index (χ0v) is 14.6. The monoisotopic (exact) mass is 364 g/mol. The summed E-state index contributed by atoms with van der Waals surface area (Å²) in [4.78, 5) is 11.6. The number of hydrogen-bond acceptors (Lipinski definition) is 3. The topological polar surface area (TPSA) is 71.4 Å². The van der Waals surface area contributed by atoms with E-state index in [1.54, 1.807) is 0 Å². The van der Waals surface area contributed by atoms with Gasteiger partial charge in [-0.05, 0) is 41.8 Å². The molecule has 24 heavy (non-hydrogen) atoms. The van der Waals surface area contributed by atoms with E-state index in [1.165, 1.54) is 24.3 Å². The second-order valence-corrected chi connectivity index (χ2v) is 8.49. The average molecular weight is 365 g/mol. The maximum absolute atomic E-state index is 12.8. The van der Waals surface area contributed by atoms with Crippen LogP contribution in [0.25, 0.3) is 0 Å². The number of sulfone groups is 1. The molecule has 3 rings (SSSR count). The molecule has 0 saturated heterocycles. The molecule has 3 atom stereocenters. The molecule has 2 aromatic rings. The number of aryl methyl sites for hydroxylation is 1. The molecule has 0 aromatic heterocycles. The van der Waals surface area contributed by atoms with E-state index < -0.39 is 32.9 Å². The van der Waals surface area contributed by atoms with Crippen LogP contribution < -0.4 is 0 Å². The van der Waals surface area contributed by atoms with Crippen LogP contribution in [0.4, 0.5) is 0 Å². The van der Waals surface area contributed by atoms with Crippen molar-refractivity contribution in [3.05, 3.63) is 64.7 Å². The van der Waals surface area contributed by atoms with Gasteiger partial charge in [0.25, 0.3) is 0 Å². The van der Waals surface area contributed by atoms with Crippen molar-refractivity contribution in [2.75, 3.05) is 0 Å². The Morgan fingerprint density at radius 2 is 1.67 bits per heavy atom. The Balaban J connectivity index is 1.96. The van der Waals surface area contributed by atoms with E-state index in [1.807, 2.05) is 31.2 Å². The second kappa shape index (κ2) is 6.22. The molecular formula is C18H17ClO4S. The minimum Gasteiger partial charge on any atom is -0.481 e. The van der Waals surface area contributed by atoms with Gasteiger partial charge in [0.05, 0.1) is 16.1 Å². The van der Waals surface area contributed by atoms with E-state index >= 15 is 0 Å². The molecule has 4 nitrogen and oxygen atoms in total. The van der Waals surface area contributed by atoms with E-state index in [2.05, 4.69) is 0 Å². The molecule has 1 fully saturated rings. The minimum atomic E-state index is -3.73. The predicted octanol–water partition coefficient (Wildman–Crippen LogP) is 3.54. The molecule has 6 heteroatoms. The van der Waals surface area contributed by atoms with Gasteiger partial charge in [-0.3, -0.25) is 4.79 Å². The quantitative estimate of drug-likeness (QED) is 0.880. The first-order valence-electron chi connectivity index (χ1n) is 7.67. The molecule has 0 spiro atoms. The van der Waals surface area contributed by atoms with E-state index in [-0.39, 0.29) is 4.90 Å². The molecule has 0 aliphatic heterocycles. The van der Waals surface area contributed by atoms with Crippen LogP contribution in [0.2, 0.25) is 5.02 Å². The third-order valence-electron chi connectivity index (χ3n) is 4.51. The molecule has 2 aromatic carbocycles. The van der Waals surface area contributed by atoms with E-state index in [0.717, 1.165) is 17.5 Å². The summed E-state index contributed by atoms with van der Waals surface area (Å²) in [6.45, 7) is 2.03. The van der Waals surface area contributed by atoms with Crippen molar-refractivity contribution >= 4 is 27.4 Å². The fraction of sp³-hybridized carbons (Fsp3) is 0.278. The third kappa shape index (κ3) is 2.94. The molecular weight excluding hydrogens is 348 g/mol. The molecule has 0 amide bonds. The number of hydrogen-bond donors (Lipinski definition) is 1. The Kier molecular flexibility index (Phi) is 4.40. The zero-order valence-electron chi connectivity index (χ0n) is 13.0. The molecule has 1 N–H and O–H groups in total. The van der Waals surface area contributed by atoms with Gasteiger partial charge in [0.1, 0.15) is 0 Å². The molecule has 1 saturated carbocycles. The van der Waals surface area contributed by atoms with Crippen molar-refractivity contribution in [3.8, 4) is 0 Å². The van der Waals surface area contributed by atoms with E-state index in [4.69, 9.17) is 11.6 Å². The average Bonchev–Trinajstić information content (AvgIpc) is 3.32. The van der Waals surface area contributed by atoms with E-state index in [0.29, 0.717) is 5.02 Å². The lowest BCUT2D eigenvalue weighted by molar-refractivity contribution is -0.138. The van der Waals surface area contributed by atoms with Gasteiger partial charge in [0.15, 0.2) is 9.84 Å². The first-order chi connectivity index (χ1) is 11.4. The maximum atomic E-state index is 12.8. The number of carboxylic acid groups (broad SMARTS) is 1. The van der Waals surface area contributed by atoms with Crippen LogP contribution in [-0.2, 0) is 21.1 Å². The van der Waals surface area contributed by atoms with Gasteiger partial charge >= 0.3 is 5.97 Å². The Bertz CT molecular complexity index is 857. The van der Waals surface area contributed by atoms with Crippen molar-refractivity contribution in [2.24, 2.45) is 5.92 Å². The Hall–Kier alpha value is -1.85. The highest BCUT2D eigenvalue weighted by Gasteiger charge is 2.63. The number of aliphatic carboxylic acids is 1. The summed E-state index contributed by atoms with van der Waals surface area (Å²) >= 11 is 5.80. The molecule has 126 valence electrons. The number of halogens is 1. The highest BCUT2D eigenvalue weighted by Crippen LogP contribution is 2.54. The van der Waals surface area contributed by atoms with Crippen molar-refractivity contribution in [1.29, 1.82) is 0 Å². The first-order valence-corrected chi connectivity index (χ1v) is 9.59. The zero-order chi connectivity index (χ0) is 17.5. The lowest BCUT2D eigenvalue weighted by Crippen LogP contribution is -2.13. The minimum absolute atomic E-state index is 0.107. The summed E-state index contributed by atoms with van der Waals surface area (Å²) in [5.74, 6) is -2.52. The number of rotatable bonds is 5. The lowest BCUT2D eigenvalue weighted by Gasteiger charge is -2.05. The summed E-state index contributed by atoms with van der Waals surface area (Å²) < 4.78 is 25.6. The van der Waals surface area contributed by atoms with Crippen LogP contribution >= 0.6 is 11.6 Å². The van der Waals surface area contributed by atoms with Crippen LogP contribution in [-0.4, -0.2) is 24.7 Å².